The van der Waals surface area contributed by atoms with Crippen LogP contribution in [0.2, 0.25) is 0 Å². The van der Waals surface area contributed by atoms with E-state index in [1.165, 1.54) is 30.4 Å². The molecule has 0 aromatic heterocycles. The van der Waals surface area contributed by atoms with E-state index >= 15 is 0 Å². The zero-order valence-corrected chi connectivity index (χ0v) is 15.3. The number of aliphatic hydroxyl groups is 1. The average molecular weight is 334 g/mol. The van der Waals surface area contributed by atoms with Crippen molar-refractivity contribution in [1.29, 1.82) is 0 Å². The molecule has 0 bridgehead atoms. The van der Waals surface area contributed by atoms with Crippen LogP contribution in [0.4, 0.5) is 0 Å². The standard InChI is InChI=1S/C13H16N2O5S.Na/c1-6(16)10-8-5-9(21-4-3-14-7(2)17)11(13(19)20)15(8)12(10)18;/h3-4,6,8,10,16H,5H2,1-2H3,(H,14,17)(H,19,20);/q;+1/p-1/b4-3+;/t6-,8-,10-;/m1./s1. The molecular weight excluding hydrogens is 319 g/mol. The summed E-state index contributed by atoms with van der Waals surface area (Å²) in [5.74, 6) is -2.61. The van der Waals surface area contributed by atoms with Crippen molar-refractivity contribution >= 4 is 29.5 Å². The molecule has 1 fully saturated rings. The van der Waals surface area contributed by atoms with Gasteiger partial charge in [0.2, 0.25) is 11.8 Å². The van der Waals surface area contributed by atoms with Crippen LogP contribution < -0.4 is 40.0 Å². The van der Waals surface area contributed by atoms with E-state index in [0.717, 1.165) is 11.8 Å². The monoisotopic (exact) mass is 334 g/mol. The van der Waals surface area contributed by atoms with Crippen molar-refractivity contribution in [2.45, 2.75) is 32.4 Å². The number of β-lactam (4-membered cyclic amide) rings is 1. The first-order valence-electron chi connectivity index (χ1n) is 6.39. The molecule has 0 spiro atoms. The van der Waals surface area contributed by atoms with Crippen molar-refractivity contribution in [3.8, 4) is 0 Å². The van der Waals surface area contributed by atoms with Crippen LogP contribution in [0.25, 0.3) is 0 Å². The first-order valence-corrected chi connectivity index (χ1v) is 7.27. The zero-order chi connectivity index (χ0) is 15.7. The maximum absolute atomic E-state index is 11.9. The predicted molar refractivity (Wildman–Crippen MR) is 73.0 cm³/mol. The molecule has 0 aliphatic carbocycles. The first-order chi connectivity index (χ1) is 9.84. The molecular formula is C13H15N2NaO5S. The fourth-order valence-corrected chi connectivity index (χ4v) is 3.45. The Bertz CT molecular complexity index is 561. The fraction of sp³-hybridized carbons (Fsp3) is 0.462. The van der Waals surface area contributed by atoms with Crippen molar-refractivity contribution in [1.82, 2.24) is 10.2 Å². The van der Waals surface area contributed by atoms with Crippen LogP contribution in [0.5, 0.6) is 0 Å². The summed E-state index contributed by atoms with van der Waals surface area (Å²) in [6, 6.07) is -0.331. The van der Waals surface area contributed by atoms with Gasteiger partial charge in [0.1, 0.15) is 0 Å². The third kappa shape index (κ3) is 3.57. The SMILES string of the molecule is CC(=O)N/C=C/SC1=C(C(=O)[O-])N2C(=O)[C@H]([C@@H](C)O)[C@H]2C1.[Na+]. The molecule has 2 aliphatic rings. The molecule has 2 N–H and O–H groups in total. The average Bonchev–Trinajstić information content (AvgIpc) is 2.68. The van der Waals surface area contributed by atoms with Crippen molar-refractivity contribution in [2.24, 2.45) is 5.92 Å². The summed E-state index contributed by atoms with van der Waals surface area (Å²) in [5, 5.41) is 24.8. The maximum Gasteiger partial charge on any atom is 1.00 e. The molecule has 2 rings (SSSR count). The second-order valence-electron chi connectivity index (χ2n) is 4.93. The number of hydrogen-bond donors (Lipinski definition) is 2. The van der Waals surface area contributed by atoms with E-state index in [2.05, 4.69) is 5.32 Å². The predicted octanol–water partition coefficient (Wildman–Crippen LogP) is -4.10. The Morgan fingerprint density at radius 3 is 2.68 bits per heavy atom. The van der Waals surface area contributed by atoms with Crippen molar-refractivity contribution in [3.63, 3.8) is 0 Å². The van der Waals surface area contributed by atoms with Crippen LogP contribution in [0.1, 0.15) is 20.3 Å². The van der Waals surface area contributed by atoms with E-state index in [0.29, 0.717) is 11.3 Å². The number of carboxylic acids is 1. The molecule has 3 atom stereocenters. The quantitative estimate of drug-likeness (QED) is 0.391. The number of nitrogens with zero attached hydrogens (tertiary/aromatic N) is 1. The largest absolute Gasteiger partial charge is 1.00 e. The van der Waals surface area contributed by atoms with Gasteiger partial charge in [-0.05, 0) is 12.3 Å². The number of hydrogen-bond acceptors (Lipinski definition) is 6. The Labute approximate surface area is 154 Å². The summed E-state index contributed by atoms with van der Waals surface area (Å²) < 4.78 is 0. The number of nitrogens with one attached hydrogen (secondary N) is 1. The molecule has 0 radical (unpaired) electrons. The topological polar surface area (TPSA) is 110 Å². The van der Waals surface area contributed by atoms with Gasteiger partial charge in [0.15, 0.2) is 0 Å². The Morgan fingerprint density at radius 1 is 1.55 bits per heavy atom. The minimum atomic E-state index is -1.41. The Hall–Kier alpha value is -0.800. The molecule has 9 heteroatoms. The summed E-state index contributed by atoms with van der Waals surface area (Å²) in [7, 11) is 0. The van der Waals surface area contributed by atoms with Crippen LogP contribution in [-0.2, 0) is 14.4 Å². The Morgan fingerprint density at radius 2 is 2.18 bits per heavy atom. The molecule has 114 valence electrons. The van der Waals surface area contributed by atoms with Crippen LogP contribution >= 0.6 is 11.8 Å². The molecule has 0 saturated carbocycles. The normalized spacial score (nSPS) is 24.7. The molecule has 0 unspecified atom stereocenters. The zero-order valence-electron chi connectivity index (χ0n) is 12.5. The number of fused-ring (bicyclic) bond motifs is 1. The maximum atomic E-state index is 11.9. The van der Waals surface area contributed by atoms with Gasteiger partial charge >= 0.3 is 29.6 Å². The van der Waals surface area contributed by atoms with Gasteiger partial charge in [0.25, 0.3) is 0 Å². The summed E-state index contributed by atoms with van der Waals surface area (Å²) in [5.41, 5.74) is -0.139. The number of aliphatic hydroxyl groups excluding tert-OH is 1. The van der Waals surface area contributed by atoms with E-state index in [1.807, 2.05) is 0 Å². The number of carbonyl (C=O) groups is 3. The summed E-state index contributed by atoms with van der Waals surface area (Å²) >= 11 is 1.11. The van der Waals surface area contributed by atoms with Gasteiger partial charge in [-0.25, -0.2) is 0 Å². The molecule has 0 aromatic rings. The van der Waals surface area contributed by atoms with E-state index in [-0.39, 0.29) is 47.2 Å². The van der Waals surface area contributed by atoms with Crippen LogP contribution in [0.15, 0.2) is 22.2 Å². The Balaban J connectivity index is 0.00000242. The number of rotatable bonds is 5. The number of thioether (sulfide) groups is 1. The second kappa shape index (κ2) is 7.65. The fourth-order valence-electron chi connectivity index (χ4n) is 2.59. The summed E-state index contributed by atoms with van der Waals surface area (Å²) in [6.45, 7) is 2.87. The van der Waals surface area contributed by atoms with Gasteiger partial charge in [0.05, 0.1) is 29.7 Å². The molecule has 2 heterocycles. The minimum Gasteiger partial charge on any atom is -0.543 e. The minimum absolute atomic E-state index is 0. The molecule has 2 aliphatic heterocycles. The van der Waals surface area contributed by atoms with Gasteiger partial charge in [-0.15, -0.1) is 0 Å². The third-order valence-electron chi connectivity index (χ3n) is 3.45. The van der Waals surface area contributed by atoms with Crippen molar-refractivity contribution < 1.29 is 54.2 Å². The number of amides is 2. The number of aliphatic carboxylic acids is 1. The van der Waals surface area contributed by atoms with Crippen LogP contribution in [0, 0.1) is 5.92 Å². The van der Waals surface area contributed by atoms with Crippen molar-refractivity contribution in [3.05, 3.63) is 22.2 Å². The molecule has 7 nitrogen and oxygen atoms in total. The summed E-state index contributed by atoms with van der Waals surface area (Å²) in [6.07, 6.45) is 0.942. The number of carbonyl (C=O) groups excluding carboxylic acids is 3. The first kappa shape index (κ1) is 19.2. The molecule has 22 heavy (non-hydrogen) atoms. The van der Waals surface area contributed by atoms with Gasteiger partial charge in [-0.1, -0.05) is 11.8 Å². The van der Waals surface area contributed by atoms with E-state index in [4.69, 9.17) is 0 Å². The van der Waals surface area contributed by atoms with Crippen molar-refractivity contribution in [2.75, 3.05) is 0 Å². The van der Waals surface area contributed by atoms with Gasteiger partial charge in [-0.3, -0.25) is 9.59 Å². The van der Waals surface area contributed by atoms with Crippen LogP contribution in [0.3, 0.4) is 0 Å². The molecule has 2 amide bonds. The second-order valence-corrected chi connectivity index (χ2v) is 5.93. The van der Waals surface area contributed by atoms with E-state index in [1.54, 1.807) is 0 Å². The van der Waals surface area contributed by atoms with E-state index in [9.17, 15) is 24.6 Å². The van der Waals surface area contributed by atoms with Gasteiger partial charge in [-0.2, -0.15) is 0 Å². The van der Waals surface area contributed by atoms with Crippen LogP contribution in [-0.4, -0.2) is 39.9 Å². The van der Waals surface area contributed by atoms with E-state index < -0.39 is 23.9 Å². The number of carboxylic acid groups (broad SMARTS) is 1. The Kier molecular flexibility index (Phi) is 6.69. The smallest absolute Gasteiger partial charge is 0.543 e. The van der Waals surface area contributed by atoms with Gasteiger partial charge < -0.3 is 25.2 Å². The molecule has 1 saturated heterocycles. The summed E-state index contributed by atoms with van der Waals surface area (Å²) in [4.78, 5) is 35.5. The third-order valence-corrected chi connectivity index (χ3v) is 4.36. The van der Waals surface area contributed by atoms with Gasteiger partial charge in [0, 0.05) is 24.4 Å². The molecule has 0 aromatic carbocycles.